The zero-order valence-corrected chi connectivity index (χ0v) is 9.19. The highest BCUT2D eigenvalue weighted by atomic mass is 17.2. The third-order valence-electron chi connectivity index (χ3n) is 1.39. The van der Waals surface area contributed by atoms with Gasteiger partial charge in [-0.25, -0.2) is 4.79 Å². The first-order chi connectivity index (χ1) is 7.41. The minimum absolute atomic E-state index is 0.148. The first kappa shape index (κ1) is 14.4. The van der Waals surface area contributed by atoms with Crippen LogP contribution in [0.25, 0.3) is 0 Å². The van der Waals surface area contributed by atoms with Crippen molar-refractivity contribution in [2.45, 2.75) is 26.7 Å². The molecule has 0 aliphatic carbocycles. The Morgan fingerprint density at radius 2 is 1.88 bits per heavy atom. The van der Waals surface area contributed by atoms with Crippen LogP contribution in [0.4, 0.5) is 4.79 Å². The second-order valence-electron chi connectivity index (χ2n) is 3.50. The number of carbonyl (C=O) groups is 3. The van der Waals surface area contributed by atoms with E-state index in [4.69, 9.17) is 5.11 Å². The Hall–Kier alpha value is -1.63. The van der Waals surface area contributed by atoms with E-state index in [1.165, 1.54) is 0 Å². The summed E-state index contributed by atoms with van der Waals surface area (Å²) in [6.45, 7) is 4.09. The summed E-state index contributed by atoms with van der Waals surface area (Å²) in [5, 5.41) is 10.0. The smallest absolute Gasteiger partial charge is 0.448 e. The van der Waals surface area contributed by atoms with Crippen molar-refractivity contribution < 1.29 is 29.3 Å². The molecule has 0 aromatic heterocycles. The zero-order chi connectivity index (χ0) is 12.6. The van der Waals surface area contributed by atoms with E-state index in [0.29, 0.717) is 19.4 Å². The highest BCUT2D eigenvalue weighted by molar-refractivity contribution is 6.01. The molecular formula is C9H15NO6. The number of imide groups is 1. The van der Waals surface area contributed by atoms with Gasteiger partial charge >= 0.3 is 6.16 Å². The standard InChI is InChI=1S/C5H10O4.C4H5NO2/c1-4(2)3-8-9-5(6)7;6-3-1-2-4(7)5-3/h4H,3H2,1-2H3,(H,6,7);1-2H2,(H,5,6,7). The van der Waals surface area contributed by atoms with E-state index < -0.39 is 6.16 Å². The molecule has 1 saturated heterocycles. The number of carboxylic acid groups (broad SMARTS) is 1. The Morgan fingerprint density at radius 1 is 1.38 bits per heavy atom. The minimum Gasteiger partial charge on any atom is -0.448 e. The van der Waals surface area contributed by atoms with E-state index in [2.05, 4.69) is 15.1 Å². The molecule has 0 aromatic rings. The van der Waals surface area contributed by atoms with E-state index in [-0.39, 0.29) is 17.7 Å². The fourth-order valence-corrected chi connectivity index (χ4v) is 0.728. The lowest BCUT2D eigenvalue weighted by Gasteiger charge is -2.01. The monoisotopic (exact) mass is 233 g/mol. The van der Waals surface area contributed by atoms with Gasteiger partial charge in [0.25, 0.3) is 0 Å². The molecule has 0 aromatic carbocycles. The molecule has 7 heteroatoms. The maximum absolute atomic E-state index is 10.1. The van der Waals surface area contributed by atoms with Crippen molar-refractivity contribution in [3.8, 4) is 0 Å². The molecule has 1 aliphatic rings. The average molecular weight is 233 g/mol. The van der Waals surface area contributed by atoms with Gasteiger partial charge in [0.1, 0.15) is 0 Å². The Kier molecular flexibility index (Phi) is 6.86. The molecule has 0 bridgehead atoms. The van der Waals surface area contributed by atoms with Crippen molar-refractivity contribution in [3.05, 3.63) is 0 Å². The maximum atomic E-state index is 10.1. The predicted molar refractivity (Wildman–Crippen MR) is 52.3 cm³/mol. The summed E-state index contributed by atoms with van der Waals surface area (Å²) in [4.78, 5) is 37.9. The molecule has 1 fully saturated rings. The lowest BCUT2D eigenvalue weighted by atomic mass is 10.2. The van der Waals surface area contributed by atoms with Gasteiger partial charge in [0.05, 0.1) is 6.61 Å². The molecule has 16 heavy (non-hydrogen) atoms. The number of rotatable bonds is 3. The molecule has 0 saturated carbocycles. The van der Waals surface area contributed by atoms with Gasteiger partial charge < -0.3 is 5.11 Å². The summed E-state index contributed by atoms with van der Waals surface area (Å²) in [5.41, 5.74) is 0. The fourth-order valence-electron chi connectivity index (χ4n) is 0.728. The van der Waals surface area contributed by atoms with Crippen LogP contribution in [-0.4, -0.2) is 29.7 Å². The average Bonchev–Trinajstić information content (AvgIpc) is 2.49. The summed E-state index contributed by atoms with van der Waals surface area (Å²) in [6.07, 6.45) is -0.659. The van der Waals surface area contributed by atoms with Crippen LogP contribution in [0, 0.1) is 5.92 Å². The van der Waals surface area contributed by atoms with Gasteiger partial charge in [-0.3, -0.25) is 19.8 Å². The maximum Gasteiger partial charge on any atom is 0.537 e. The zero-order valence-electron chi connectivity index (χ0n) is 9.19. The first-order valence-electron chi connectivity index (χ1n) is 4.77. The van der Waals surface area contributed by atoms with Crippen LogP contribution >= 0.6 is 0 Å². The van der Waals surface area contributed by atoms with Crippen molar-refractivity contribution in [3.63, 3.8) is 0 Å². The summed E-state index contributed by atoms with van der Waals surface area (Å²) >= 11 is 0. The quantitative estimate of drug-likeness (QED) is 0.422. The Bertz CT molecular complexity index is 249. The lowest BCUT2D eigenvalue weighted by molar-refractivity contribution is -0.256. The highest BCUT2D eigenvalue weighted by Crippen LogP contribution is 1.95. The van der Waals surface area contributed by atoms with Crippen LogP contribution in [0.2, 0.25) is 0 Å². The summed E-state index contributed by atoms with van der Waals surface area (Å²) in [6, 6.07) is 0. The van der Waals surface area contributed by atoms with Crippen LogP contribution in [-0.2, 0) is 19.4 Å². The minimum atomic E-state index is -1.41. The van der Waals surface area contributed by atoms with Crippen molar-refractivity contribution in [1.29, 1.82) is 0 Å². The molecule has 0 unspecified atom stereocenters. The third-order valence-corrected chi connectivity index (χ3v) is 1.39. The fraction of sp³-hybridized carbons (Fsp3) is 0.667. The SMILES string of the molecule is CC(C)COOC(=O)O.O=C1CCC(=O)N1. The van der Waals surface area contributed by atoms with E-state index in [9.17, 15) is 14.4 Å². The van der Waals surface area contributed by atoms with Crippen LogP contribution in [0.1, 0.15) is 26.7 Å². The lowest BCUT2D eigenvalue weighted by Crippen LogP contribution is -2.18. The van der Waals surface area contributed by atoms with Crippen molar-refractivity contribution >= 4 is 18.0 Å². The number of carbonyl (C=O) groups excluding carboxylic acids is 2. The highest BCUT2D eigenvalue weighted by Gasteiger charge is 2.15. The summed E-state index contributed by atoms with van der Waals surface area (Å²) in [5.74, 6) is -0.0145. The van der Waals surface area contributed by atoms with E-state index in [1.54, 1.807) is 0 Å². The van der Waals surface area contributed by atoms with E-state index in [1.807, 2.05) is 13.8 Å². The van der Waals surface area contributed by atoms with Crippen molar-refractivity contribution in [2.75, 3.05) is 6.61 Å². The van der Waals surface area contributed by atoms with E-state index in [0.717, 1.165) is 0 Å². The molecular weight excluding hydrogens is 218 g/mol. The molecule has 2 N–H and O–H groups in total. The first-order valence-corrected chi connectivity index (χ1v) is 4.77. The summed E-state index contributed by atoms with van der Waals surface area (Å²) < 4.78 is 0. The number of hydrogen-bond acceptors (Lipinski definition) is 5. The topological polar surface area (TPSA) is 102 Å². The summed E-state index contributed by atoms with van der Waals surface area (Å²) in [7, 11) is 0. The van der Waals surface area contributed by atoms with Crippen LogP contribution < -0.4 is 5.32 Å². The number of nitrogens with one attached hydrogen (secondary N) is 1. The molecule has 0 radical (unpaired) electrons. The van der Waals surface area contributed by atoms with E-state index >= 15 is 0 Å². The van der Waals surface area contributed by atoms with Gasteiger partial charge in [0.2, 0.25) is 11.8 Å². The van der Waals surface area contributed by atoms with Gasteiger partial charge in [-0.1, -0.05) is 13.8 Å². The van der Waals surface area contributed by atoms with Gasteiger partial charge in [0, 0.05) is 12.8 Å². The predicted octanol–water partition coefficient (Wildman–Crippen LogP) is 0.692. The number of hydrogen-bond donors (Lipinski definition) is 2. The Labute approximate surface area is 92.6 Å². The van der Waals surface area contributed by atoms with Crippen molar-refractivity contribution in [2.24, 2.45) is 5.92 Å². The molecule has 2 amide bonds. The second-order valence-corrected chi connectivity index (χ2v) is 3.50. The molecule has 92 valence electrons. The second kappa shape index (κ2) is 7.63. The van der Waals surface area contributed by atoms with Crippen molar-refractivity contribution in [1.82, 2.24) is 5.32 Å². The largest absolute Gasteiger partial charge is 0.537 e. The molecule has 1 rings (SSSR count). The Balaban J connectivity index is 0.000000288. The van der Waals surface area contributed by atoms with Crippen LogP contribution in [0.5, 0.6) is 0 Å². The van der Waals surface area contributed by atoms with Gasteiger partial charge in [-0.2, -0.15) is 4.89 Å². The number of amides is 2. The molecule has 0 spiro atoms. The van der Waals surface area contributed by atoms with Gasteiger partial charge in [0.15, 0.2) is 0 Å². The molecule has 1 heterocycles. The van der Waals surface area contributed by atoms with Crippen LogP contribution in [0.3, 0.4) is 0 Å². The molecule has 1 aliphatic heterocycles. The van der Waals surface area contributed by atoms with Crippen LogP contribution in [0.15, 0.2) is 0 Å². The third kappa shape index (κ3) is 8.95. The Morgan fingerprint density at radius 3 is 2.12 bits per heavy atom. The molecule has 7 nitrogen and oxygen atoms in total. The molecule has 0 atom stereocenters. The normalized spacial score (nSPS) is 14.2. The van der Waals surface area contributed by atoms with Gasteiger partial charge in [-0.05, 0) is 5.92 Å². The van der Waals surface area contributed by atoms with Gasteiger partial charge in [-0.15, -0.1) is 0 Å².